The third-order valence-corrected chi connectivity index (χ3v) is 3.50. The second-order valence-corrected chi connectivity index (χ2v) is 5.43. The normalized spacial score (nSPS) is 10.5. The Kier molecular flexibility index (Phi) is 7.36. The fourth-order valence-corrected chi connectivity index (χ4v) is 2.15. The number of amides is 1. The molecule has 26 heavy (non-hydrogen) atoms. The van der Waals surface area contributed by atoms with E-state index in [-0.39, 0.29) is 30.8 Å². The van der Waals surface area contributed by atoms with Crippen LogP contribution in [0.5, 0.6) is 0 Å². The molecular weight excluding hydrogens is 335 g/mol. The summed E-state index contributed by atoms with van der Waals surface area (Å²) in [5.74, 6) is -0.965. The lowest BCUT2D eigenvalue weighted by Gasteiger charge is -2.08. The average molecular weight is 356 g/mol. The molecule has 0 saturated carbocycles. The van der Waals surface area contributed by atoms with Crippen LogP contribution in [0.4, 0.5) is 10.1 Å². The maximum atomic E-state index is 13.5. The number of hydrogen-bond acceptors (Lipinski definition) is 4. The molecule has 0 aliphatic rings. The first-order valence-electron chi connectivity index (χ1n) is 8.27. The van der Waals surface area contributed by atoms with Crippen LogP contribution in [0.2, 0.25) is 0 Å². The molecule has 2 N–H and O–H groups in total. The smallest absolute Gasteiger partial charge is 0.330 e. The summed E-state index contributed by atoms with van der Waals surface area (Å²) in [5, 5.41) is 5.65. The number of carbonyl (C=O) groups is 2. The lowest BCUT2D eigenvalue weighted by Crippen LogP contribution is -2.29. The van der Waals surface area contributed by atoms with Gasteiger partial charge in [0.2, 0.25) is 5.91 Å². The first-order valence-corrected chi connectivity index (χ1v) is 8.27. The Balaban J connectivity index is 1.77. The summed E-state index contributed by atoms with van der Waals surface area (Å²) in [6.07, 6.45) is 3.02. The zero-order chi connectivity index (χ0) is 18.8. The highest BCUT2D eigenvalue weighted by Gasteiger charge is 2.04. The summed E-state index contributed by atoms with van der Waals surface area (Å²) in [7, 11) is 0. The maximum absolute atomic E-state index is 13.5. The quantitative estimate of drug-likeness (QED) is 0.563. The molecule has 2 rings (SSSR count). The van der Waals surface area contributed by atoms with E-state index in [1.165, 1.54) is 12.1 Å². The van der Waals surface area contributed by atoms with Crippen molar-refractivity contribution in [2.24, 2.45) is 0 Å². The number of halogens is 1. The molecule has 0 atom stereocenters. The van der Waals surface area contributed by atoms with Gasteiger partial charge in [-0.2, -0.15) is 0 Å². The van der Waals surface area contributed by atoms with Crippen molar-refractivity contribution in [3.8, 4) is 0 Å². The minimum Gasteiger partial charge on any atom is -0.463 e. The Morgan fingerprint density at radius 3 is 2.54 bits per heavy atom. The van der Waals surface area contributed by atoms with Crippen molar-refractivity contribution < 1.29 is 18.7 Å². The van der Waals surface area contributed by atoms with E-state index in [4.69, 9.17) is 4.74 Å². The van der Waals surface area contributed by atoms with Gasteiger partial charge in [0.1, 0.15) is 5.82 Å². The topological polar surface area (TPSA) is 67.4 Å². The molecule has 2 aromatic carbocycles. The van der Waals surface area contributed by atoms with E-state index >= 15 is 0 Å². The van der Waals surface area contributed by atoms with Crippen LogP contribution >= 0.6 is 0 Å². The molecular formula is C20H21FN2O3. The second kappa shape index (κ2) is 9.98. The van der Waals surface area contributed by atoms with E-state index in [2.05, 4.69) is 10.6 Å². The largest absolute Gasteiger partial charge is 0.463 e. The fraction of sp³-hybridized carbons (Fsp3) is 0.200. The highest BCUT2D eigenvalue weighted by atomic mass is 19.1. The SMILES string of the molecule is CCOC(=O)/C=C/c1ccc(NCC(=O)NCc2ccccc2F)cc1. The molecule has 5 nitrogen and oxygen atoms in total. The lowest BCUT2D eigenvalue weighted by molar-refractivity contribution is -0.137. The molecule has 0 heterocycles. The monoisotopic (exact) mass is 356 g/mol. The van der Waals surface area contributed by atoms with E-state index < -0.39 is 0 Å². The zero-order valence-corrected chi connectivity index (χ0v) is 14.5. The number of carbonyl (C=O) groups excluding carboxylic acids is 2. The maximum Gasteiger partial charge on any atom is 0.330 e. The Morgan fingerprint density at radius 2 is 1.85 bits per heavy atom. The molecule has 0 radical (unpaired) electrons. The first-order chi connectivity index (χ1) is 12.6. The molecule has 0 fully saturated rings. The van der Waals surface area contributed by atoms with Crippen LogP contribution in [0.15, 0.2) is 54.6 Å². The summed E-state index contributed by atoms with van der Waals surface area (Å²) in [6.45, 7) is 2.31. The van der Waals surface area contributed by atoms with Gasteiger partial charge in [-0.15, -0.1) is 0 Å². The van der Waals surface area contributed by atoms with Gasteiger partial charge in [0.15, 0.2) is 0 Å². The van der Waals surface area contributed by atoms with Gasteiger partial charge in [-0.25, -0.2) is 9.18 Å². The van der Waals surface area contributed by atoms with Crippen LogP contribution in [0.25, 0.3) is 6.08 Å². The summed E-state index contributed by atoms with van der Waals surface area (Å²) < 4.78 is 18.3. The van der Waals surface area contributed by atoms with Crippen LogP contribution in [-0.2, 0) is 20.9 Å². The molecule has 0 unspecified atom stereocenters. The molecule has 0 bridgehead atoms. The predicted octanol–water partition coefficient (Wildman–Crippen LogP) is 3.13. The third kappa shape index (κ3) is 6.39. The van der Waals surface area contributed by atoms with Crippen molar-refractivity contribution in [2.75, 3.05) is 18.5 Å². The van der Waals surface area contributed by atoms with E-state index in [1.54, 1.807) is 43.3 Å². The number of benzene rings is 2. The van der Waals surface area contributed by atoms with Gasteiger partial charge < -0.3 is 15.4 Å². The van der Waals surface area contributed by atoms with Crippen LogP contribution < -0.4 is 10.6 Å². The Morgan fingerprint density at radius 1 is 1.12 bits per heavy atom. The Labute approximate surface area is 151 Å². The Hall–Kier alpha value is -3.15. The van der Waals surface area contributed by atoms with Crippen molar-refractivity contribution in [3.05, 3.63) is 71.6 Å². The van der Waals surface area contributed by atoms with Gasteiger partial charge in [0, 0.05) is 23.9 Å². The van der Waals surface area contributed by atoms with Crippen molar-refractivity contribution in [1.82, 2.24) is 5.32 Å². The van der Waals surface area contributed by atoms with Gasteiger partial charge in [-0.1, -0.05) is 30.3 Å². The Bertz CT molecular complexity index is 773. The second-order valence-electron chi connectivity index (χ2n) is 5.43. The summed E-state index contributed by atoms with van der Waals surface area (Å²) in [4.78, 5) is 23.1. The summed E-state index contributed by atoms with van der Waals surface area (Å²) >= 11 is 0. The molecule has 6 heteroatoms. The van der Waals surface area contributed by atoms with Crippen molar-refractivity contribution in [1.29, 1.82) is 0 Å². The van der Waals surface area contributed by atoms with Gasteiger partial charge in [0.25, 0.3) is 0 Å². The molecule has 0 spiro atoms. The molecule has 0 saturated heterocycles. The predicted molar refractivity (Wildman–Crippen MR) is 98.8 cm³/mol. The zero-order valence-electron chi connectivity index (χ0n) is 14.5. The number of anilines is 1. The minimum atomic E-state index is -0.388. The van der Waals surface area contributed by atoms with Crippen molar-refractivity contribution >= 4 is 23.6 Å². The molecule has 2 aromatic rings. The van der Waals surface area contributed by atoms with E-state index in [9.17, 15) is 14.0 Å². The van der Waals surface area contributed by atoms with Gasteiger partial charge in [-0.05, 0) is 36.8 Å². The number of nitrogens with one attached hydrogen (secondary N) is 2. The van der Waals surface area contributed by atoms with Crippen LogP contribution in [0.3, 0.4) is 0 Å². The summed E-state index contributed by atoms with van der Waals surface area (Å²) in [6, 6.07) is 13.5. The van der Waals surface area contributed by atoms with Gasteiger partial charge in [0.05, 0.1) is 13.2 Å². The number of rotatable bonds is 8. The molecule has 0 aromatic heterocycles. The number of ether oxygens (including phenoxy) is 1. The van der Waals surface area contributed by atoms with Crippen LogP contribution in [0.1, 0.15) is 18.1 Å². The standard InChI is InChI=1S/C20H21FN2O3/c1-2-26-20(25)12-9-15-7-10-17(11-8-15)22-14-19(24)23-13-16-5-3-4-6-18(16)21/h3-12,22H,2,13-14H2,1H3,(H,23,24)/b12-9+. The molecule has 0 aliphatic heterocycles. The van der Waals surface area contributed by atoms with Gasteiger partial charge in [-0.3, -0.25) is 4.79 Å². The van der Waals surface area contributed by atoms with E-state index in [1.807, 2.05) is 12.1 Å². The molecule has 136 valence electrons. The van der Waals surface area contributed by atoms with Crippen molar-refractivity contribution in [3.63, 3.8) is 0 Å². The van der Waals surface area contributed by atoms with Crippen LogP contribution in [-0.4, -0.2) is 25.0 Å². The van der Waals surface area contributed by atoms with Crippen molar-refractivity contribution in [2.45, 2.75) is 13.5 Å². The van der Waals surface area contributed by atoms with E-state index in [0.29, 0.717) is 12.2 Å². The fourth-order valence-electron chi connectivity index (χ4n) is 2.15. The first kappa shape index (κ1) is 19.2. The molecule has 0 aliphatic carbocycles. The van der Waals surface area contributed by atoms with Gasteiger partial charge >= 0.3 is 5.97 Å². The minimum absolute atomic E-state index is 0.0759. The average Bonchev–Trinajstić information content (AvgIpc) is 2.65. The lowest BCUT2D eigenvalue weighted by atomic mass is 10.2. The highest BCUT2D eigenvalue weighted by molar-refractivity contribution is 5.87. The third-order valence-electron chi connectivity index (χ3n) is 3.50. The van der Waals surface area contributed by atoms with Crippen LogP contribution in [0, 0.1) is 5.82 Å². The summed E-state index contributed by atoms with van der Waals surface area (Å²) in [5.41, 5.74) is 2.05. The highest BCUT2D eigenvalue weighted by Crippen LogP contribution is 2.11. The van der Waals surface area contributed by atoms with E-state index in [0.717, 1.165) is 11.3 Å². The molecule has 1 amide bonds. The number of esters is 1. The number of hydrogen-bond donors (Lipinski definition) is 2.